The highest BCUT2D eigenvalue weighted by Crippen LogP contribution is 1.98. The first kappa shape index (κ1) is 17.9. The van der Waals surface area contributed by atoms with Gasteiger partial charge in [0.1, 0.15) is 0 Å². The Morgan fingerprint density at radius 3 is 1.78 bits per heavy atom. The van der Waals surface area contributed by atoms with E-state index in [0.29, 0.717) is 13.1 Å². The monoisotopic (exact) mass is 322 g/mol. The van der Waals surface area contributed by atoms with E-state index in [2.05, 4.69) is 10.6 Å². The van der Waals surface area contributed by atoms with Crippen molar-refractivity contribution >= 4 is 56.4 Å². The Morgan fingerprint density at radius 1 is 1.06 bits per heavy atom. The van der Waals surface area contributed by atoms with Crippen molar-refractivity contribution in [3.63, 3.8) is 0 Å². The summed E-state index contributed by atoms with van der Waals surface area (Å²) >= 11 is 13.0. The second-order valence-corrected chi connectivity index (χ2v) is 6.28. The third-order valence-electron chi connectivity index (χ3n) is 1.78. The minimum absolute atomic E-state index is 0.468. The summed E-state index contributed by atoms with van der Waals surface area (Å²) in [6, 6.07) is 0. The molecule has 0 saturated heterocycles. The quantitative estimate of drug-likeness (QED) is 0.466. The lowest BCUT2D eigenvalue weighted by atomic mass is 10.3. The molecule has 0 radical (unpaired) electrons. The Kier molecular flexibility index (Phi) is 11.9. The standard InChI is InChI=1S/C11H18N2OS4/c1-17-10(15)3-5-12-7-9(14)8-13-6-4-11(16)18-2/h3-6,9,12-14H,7-8H2,1-2H3/b5-3+,6-4+. The molecule has 0 aromatic rings. The second kappa shape index (κ2) is 12.0. The van der Waals surface area contributed by atoms with Gasteiger partial charge in [0.05, 0.1) is 14.5 Å². The van der Waals surface area contributed by atoms with Crippen LogP contribution in [0.15, 0.2) is 24.6 Å². The molecule has 0 amide bonds. The normalized spacial score (nSPS) is 11.3. The summed E-state index contributed by atoms with van der Waals surface area (Å²) in [5.41, 5.74) is 0. The molecule has 18 heavy (non-hydrogen) atoms. The van der Waals surface area contributed by atoms with Crippen LogP contribution in [0.4, 0.5) is 0 Å². The van der Waals surface area contributed by atoms with E-state index in [4.69, 9.17) is 24.4 Å². The zero-order valence-electron chi connectivity index (χ0n) is 10.4. The number of aliphatic hydroxyl groups excluding tert-OH is 1. The van der Waals surface area contributed by atoms with Gasteiger partial charge in [-0.3, -0.25) is 0 Å². The van der Waals surface area contributed by atoms with Gasteiger partial charge in [-0.1, -0.05) is 24.4 Å². The molecule has 0 saturated carbocycles. The lowest BCUT2D eigenvalue weighted by Gasteiger charge is -2.10. The first-order chi connectivity index (χ1) is 8.60. The van der Waals surface area contributed by atoms with Crippen LogP contribution in [0.5, 0.6) is 0 Å². The van der Waals surface area contributed by atoms with E-state index in [0.717, 1.165) is 8.39 Å². The first-order valence-electron chi connectivity index (χ1n) is 5.24. The second-order valence-electron chi connectivity index (χ2n) is 3.18. The maximum atomic E-state index is 9.63. The van der Waals surface area contributed by atoms with Gasteiger partial charge < -0.3 is 15.7 Å². The molecule has 0 aliphatic carbocycles. The molecule has 0 aromatic carbocycles. The summed E-state index contributed by atoms with van der Waals surface area (Å²) in [5, 5.41) is 15.6. The third-order valence-corrected chi connectivity index (χ3v) is 4.13. The predicted octanol–water partition coefficient (Wildman–Crippen LogP) is 1.93. The highest BCUT2D eigenvalue weighted by atomic mass is 32.2. The summed E-state index contributed by atoms with van der Waals surface area (Å²) in [6.45, 7) is 0.947. The van der Waals surface area contributed by atoms with Crippen LogP contribution in [0.2, 0.25) is 0 Å². The number of thiocarbonyl (C=S) groups is 2. The van der Waals surface area contributed by atoms with Crippen molar-refractivity contribution in [2.45, 2.75) is 6.10 Å². The molecule has 0 atom stereocenters. The van der Waals surface area contributed by atoms with Gasteiger partial charge in [0.2, 0.25) is 0 Å². The largest absolute Gasteiger partial charge is 0.389 e. The van der Waals surface area contributed by atoms with Crippen molar-refractivity contribution < 1.29 is 5.11 Å². The molecular formula is C11H18N2OS4. The molecule has 7 heteroatoms. The Morgan fingerprint density at radius 2 is 1.44 bits per heavy atom. The van der Waals surface area contributed by atoms with Crippen LogP contribution >= 0.6 is 48.0 Å². The highest BCUT2D eigenvalue weighted by molar-refractivity contribution is 8.23. The van der Waals surface area contributed by atoms with E-state index >= 15 is 0 Å². The molecule has 0 rings (SSSR count). The number of hydrogen-bond acceptors (Lipinski definition) is 7. The zero-order chi connectivity index (χ0) is 13.8. The van der Waals surface area contributed by atoms with E-state index in [9.17, 15) is 5.11 Å². The number of thioether (sulfide) groups is 2. The lowest BCUT2D eigenvalue weighted by Crippen LogP contribution is -2.31. The molecule has 0 heterocycles. The molecule has 0 aliphatic rings. The zero-order valence-corrected chi connectivity index (χ0v) is 13.6. The average molecular weight is 323 g/mol. The molecule has 0 bridgehead atoms. The van der Waals surface area contributed by atoms with Crippen molar-refractivity contribution in [3.05, 3.63) is 24.6 Å². The van der Waals surface area contributed by atoms with Crippen LogP contribution in [0.25, 0.3) is 0 Å². The van der Waals surface area contributed by atoms with Crippen molar-refractivity contribution in [1.29, 1.82) is 0 Å². The van der Waals surface area contributed by atoms with E-state index in [-0.39, 0.29) is 0 Å². The highest BCUT2D eigenvalue weighted by Gasteiger charge is 1.99. The SMILES string of the molecule is CSC(=S)/C=C/NCC(O)CN/C=C/C(=S)SC. The topological polar surface area (TPSA) is 44.3 Å². The minimum atomic E-state index is -0.468. The fraction of sp³-hybridized carbons (Fsp3) is 0.455. The van der Waals surface area contributed by atoms with Crippen LogP contribution in [-0.4, -0.2) is 45.2 Å². The van der Waals surface area contributed by atoms with E-state index < -0.39 is 6.10 Å². The fourth-order valence-corrected chi connectivity index (χ4v) is 1.41. The smallest absolute Gasteiger partial charge is 0.0884 e. The maximum absolute atomic E-state index is 9.63. The molecular weight excluding hydrogens is 304 g/mol. The average Bonchev–Trinajstić information content (AvgIpc) is 2.38. The summed E-state index contributed by atoms with van der Waals surface area (Å²) in [4.78, 5) is 0. The van der Waals surface area contributed by atoms with Crippen molar-refractivity contribution in [1.82, 2.24) is 10.6 Å². The molecule has 3 nitrogen and oxygen atoms in total. The summed E-state index contributed by atoms with van der Waals surface area (Å²) in [6.07, 6.45) is 10.5. The van der Waals surface area contributed by atoms with E-state index in [1.54, 1.807) is 24.6 Å². The van der Waals surface area contributed by atoms with E-state index in [1.807, 2.05) is 12.5 Å². The summed E-state index contributed by atoms with van der Waals surface area (Å²) in [7, 11) is 0. The number of nitrogens with one attached hydrogen (secondary N) is 2. The van der Waals surface area contributed by atoms with Crippen molar-refractivity contribution in [2.24, 2.45) is 0 Å². The molecule has 3 N–H and O–H groups in total. The van der Waals surface area contributed by atoms with Gasteiger partial charge in [-0.2, -0.15) is 0 Å². The molecule has 102 valence electrons. The van der Waals surface area contributed by atoms with Crippen LogP contribution in [-0.2, 0) is 0 Å². The molecule has 0 unspecified atom stereocenters. The van der Waals surface area contributed by atoms with Gasteiger partial charge in [-0.05, 0) is 37.1 Å². The fourth-order valence-electron chi connectivity index (χ4n) is 0.870. The Hall–Kier alpha value is -0.0800. The van der Waals surface area contributed by atoms with Crippen molar-refractivity contribution in [3.8, 4) is 0 Å². The Labute approximate surface area is 128 Å². The van der Waals surface area contributed by atoms with Gasteiger partial charge >= 0.3 is 0 Å². The van der Waals surface area contributed by atoms with Crippen LogP contribution in [0.1, 0.15) is 0 Å². The maximum Gasteiger partial charge on any atom is 0.0884 e. The first-order valence-corrected chi connectivity index (χ1v) is 8.50. The van der Waals surface area contributed by atoms with Crippen LogP contribution < -0.4 is 10.6 Å². The Balaban J connectivity index is 3.63. The van der Waals surface area contributed by atoms with Gasteiger partial charge in [0.25, 0.3) is 0 Å². The van der Waals surface area contributed by atoms with Gasteiger partial charge in [0.15, 0.2) is 0 Å². The van der Waals surface area contributed by atoms with E-state index in [1.165, 1.54) is 23.5 Å². The lowest BCUT2D eigenvalue weighted by molar-refractivity contribution is 0.177. The summed E-state index contributed by atoms with van der Waals surface area (Å²) in [5.74, 6) is 0. The summed E-state index contributed by atoms with van der Waals surface area (Å²) < 4.78 is 1.62. The Bertz CT molecular complexity index is 288. The van der Waals surface area contributed by atoms with Gasteiger partial charge in [0, 0.05) is 13.1 Å². The molecule has 0 aromatic heterocycles. The van der Waals surface area contributed by atoms with Crippen molar-refractivity contribution in [2.75, 3.05) is 25.6 Å². The number of aliphatic hydroxyl groups is 1. The molecule has 0 spiro atoms. The molecule has 0 aliphatic heterocycles. The van der Waals surface area contributed by atoms with Crippen LogP contribution in [0.3, 0.4) is 0 Å². The predicted molar refractivity (Wildman–Crippen MR) is 92.5 cm³/mol. The van der Waals surface area contributed by atoms with Gasteiger partial charge in [-0.25, -0.2) is 0 Å². The minimum Gasteiger partial charge on any atom is -0.389 e. The number of hydrogen-bond donors (Lipinski definition) is 3. The van der Waals surface area contributed by atoms with Gasteiger partial charge in [-0.15, -0.1) is 23.5 Å². The molecule has 0 fully saturated rings. The number of rotatable bonds is 8. The third kappa shape index (κ3) is 11.0. The van der Waals surface area contributed by atoms with Crippen LogP contribution in [0, 0.1) is 0 Å².